The fourth-order valence-corrected chi connectivity index (χ4v) is 17.7. The zero-order valence-electron chi connectivity index (χ0n) is 88.6. The van der Waals surface area contributed by atoms with Gasteiger partial charge in [0.2, 0.25) is 0 Å². The molecule has 0 atom stereocenters. The molecule has 0 unspecified atom stereocenters. The van der Waals surface area contributed by atoms with Gasteiger partial charge in [0.1, 0.15) is 0 Å². The molecule has 0 spiro atoms. The molecule has 0 radical (unpaired) electrons. The third-order valence-electron chi connectivity index (χ3n) is 26.5. The Morgan fingerprint density at radius 3 is 0.637 bits per heavy atom. The summed E-state index contributed by atoms with van der Waals surface area (Å²) in [7, 11) is 0. The Labute approximate surface area is 816 Å². The lowest BCUT2D eigenvalue weighted by Gasteiger charge is -2.08. The van der Waals surface area contributed by atoms with E-state index in [1.807, 2.05) is 0 Å². The van der Waals surface area contributed by atoms with Crippen LogP contribution in [0, 0.1) is 249 Å². The molecular formula is C135H158. The van der Waals surface area contributed by atoms with E-state index in [0.717, 1.165) is 0 Å². The van der Waals surface area contributed by atoms with Crippen molar-refractivity contribution in [2.45, 2.75) is 257 Å². The lowest BCUT2D eigenvalue weighted by molar-refractivity contribution is 1.30. The summed E-state index contributed by atoms with van der Waals surface area (Å²) >= 11 is 0. The van der Waals surface area contributed by atoms with Gasteiger partial charge in [-0.05, 0) is 463 Å². The fraction of sp³-hybridized carbons (Fsp3) is 0.274. The summed E-state index contributed by atoms with van der Waals surface area (Å²) in [5.74, 6) is 0. The Morgan fingerprint density at radius 1 is 0.0963 bits per heavy atom. The smallest absolute Gasteiger partial charge is 0.0149 e. The minimum atomic E-state index is 0. The molecule has 0 heterocycles. The molecule has 0 aliphatic rings. The molecule has 0 aromatic heterocycles. The van der Waals surface area contributed by atoms with Gasteiger partial charge in [-0.3, -0.25) is 0 Å². The summed E-state index contributed by atoms with van der Waals surface area (Å²) in [4.78, 5) is 0. The molecule has 0 aliphatic carbocycles. The first-order valence-electron chi connectivity index (χ1n) is 48.1. The standard InChI is InChI=1S/3C14H16.5C13H14.3C9H12.CH4/c2*1-9-5-13-7-11(3)12(4)8-14(13)6-10(9)2;1-9-5-11(3)14-8-10(2)6-12(4)13(14)7-9;1-9-4-5-12-7-10(2)6-11(3)13(12)8-9;1-9-4-5-13-11(3)6-10(2)8-12(13)7-9;2*1-9-4-5-12-7-10(2)11(3)8-13(12)6-9;1-9-8-10(2)12-6-4-5-7-13(12)11(9)3;1-7-4-8(2)6-9(3)5-7;2*1-7-4-5-8(2)9(3)6-7;/h3*5-8H,1-4H3;5*4-8H,1-3H3;3*4-6H,1-3H3;1H4. The lowest BCUT2D eigenvalue weighted by atomic mass is 9.97. The molecule has 0 fully saturated rings. The maximum Gasteiger partial charge on any atom is -0.0149 e. The normalized spacial score (nSPS) is 10.5. The van der Waals surface area contributed by atoms with Gasteiger partial charge in [-0.15, -0.1) is 0 Å². The molecular weight excluding hydrogens is 1620 g/mol. The van der Waals surface area contributed by atoms with Crippen LogP contribution in [0.3, 0.4) is 0 Å². The molecule has 0 amide bonds. The molecule has 0 saturated carbocycles. The van der Waals surface area contributed by atoms with Crippen LogP contribution in [0.1, 0.15) is 208 Å². The summed E-state index contributed by atoms with van der Waals surface area (Å²) in [6.45, 7) is 77.6. The number of aryl methyl sites for hydroxylation is 36. The van der Waals surface area contributed by atoms with E-state index in [2.05, 4.69) is 528 Å². The van der Waals surface area contributed by atoms with Crippen molar-refractivity contribution >= 4 is 86.2 Å². The molecule has 0 saturated heterocycles. The van der Waals surface area contributed by atoms with Crippen LogP contribution in [0.5, 0.6) is 0 Å². The van der Waals surface area contributed by atoms with E-state index in [0.29, 0.717) is 0 Å². The second-order valence-corrected chi connectivity index (χ2v) is 39.4. The topological polar surface area (TPSA) is 0 Å². The van der Waals surface area contributed by atoms with Gasteiger partial charge in [0.15, 0.2) is 0 Å². The molecule has 0 aliphatic heterocycles. The molecule has 0 bridgehead atoms. The largest absolute Gasteiger partial charge is 0.0776 e. The monoisotopic (exact) mass is 1780 g/mol. The second-order valence-electron chi connectivity index (χ2n) is 39.4. The van der Waals surface area contributed by atoms with Crippen LogP contribution in [-0.4, -0.2) is 0 Å². The van der Waals surface area contributed by atoms with Gasteiger partial charge in [0.25, 0.3) is 0 Å². The quantitative estimate of drug-likeness (QED) is 0.142. The molecule has 19 rings (SSSR count). The van der Waals surface area contributed by atoms with Crippen LogP contribution in [0.4, 0.5) is 0 Å². The van der Waals surface area contributed by atoms with Crippen molar-refractivity contribution in [2.24, 2.45) is 0 Å². The number of hydrogen-bond acceptors (Lipinski definition) is 0. The summed E-state index contributed by atoms with van der Waals surface area (Å²) in [5.41, 5.74) is 49.1. The molecule has 0 N–H and O–H groups in total. The predicted molar refractivity (Wildman–Crippen MR) is 608 cm³/mol. The first-order valence-corrected chi connectivity index (χ1v) is 48.1. The maximum absolute atomic E-state index is 2.27. The predicted octanol–water partition coefficient (Wildman–Crippen LogP) is 39.5. The van der Waals surface area contributed by atoms with Crippen molar-refractivity contribution in [3.63, 3.8) is 0 Å². The molecule has 0 heteroatoms. The van der Waals surface area contributed by atoms with Crippen molar-refractivity contribution in [3.8, 4) is 0 Å². The van der Waals surface area contributed by atoms with Gasteiger partial charge in [-0.2, -0.15) is 0 Å². The van der Waals surface area contributed by atoms with Crippen LogP contribution in [-0.2, 0) is 0 Å². The molecule has 135 heavy (non-hydrogen) atoms. The average molecular weight is 1780 g/mol. The van der Waals surface area contributed by atoms with E-state index < -0.39 is 0 Å². The zero-order valence-corrected chi connectivity index (χ0v) is 88.6. The van der Waals surface area contributed by atoms with Crippen molar-refractivity contribution in [3.05, 3.63) is 479 Å². The number of fused-ring (bicyclic) bond motifs is 8. The number of rotatable bonds is 0. The third-order valence-corrected chi connectivity index (χ3v) is 26.5. The Balaban J connectivity index is 0.000000183. The summed E-state index contributed by atoms with van der Waals surface area (Å²) in [6.07, 6.45) is 0. The van der Waals surface area contributed by atoms with Crippen molar-refractivity contribution in [2.75, 3.05) is 0 Å². The van der Waals surface area contributed by atoms with Crippen LogP contribution < -0.4 is 0 Å². The van der Waals surface area contributed by atoms with Crippen molar-refractivity contribution in [1.29, 1.82) is 0 Å². The Kier molecular flexibility index (Phi) is 39.0. The maximum atomic E-state index is 2.27. The van der Waals surface area contributed by atoms with Crippen molar-refractivity contribution in [1.82, 2.24) is 0 Å². The van der Waals surface area contributed by atoms with Gasteiger partial charge in [-0.1, -0.05) is 359 Å². The Bertz CT molecular complexity index is 6860. The number of benzene rings is 19. The van der Waals surface area contributed by atoms with Crippen LogP contribution >= 0.6 is 0 Å². The zero-order chi connectivity index (χ0) is 98.5. The van der Waals surface area contributed by atoms with Gasteiger partial charge < -0.3 is 0 Å². The van der Waals surface area contributed by atoms with Gasteiger partial charge in [-0.25, -0.2) is 0 Å². The summed E-state index contributed by atoms with van der Waals surface area (Å²) in [6, 6.07) is 102. The highest BCUT2D eigenvalue weighted by molar-refractivity contribution is 5.93. The minimum Gasteiger partial charge on any atom is -0.0776 e. The highest BCUT2D eigenvalue weighted by atomic mass is 14.1. The molecule has 698 valence electrons. The highest BCUT2D eigenvalue weighted by Crippen LogP contribution is 2.31. The second kappa shape index (κ2) is 49.0. The minimum absolute atomic E-state index is 0. The van der Waals surface area contributed by atoms with E-state index in [1.165, 1.54) is 286 Å². The first kappa shape index (κ1) is 108. The SMILES string of the molecule is C.Cc1cc(C)c2cc(C)cc(C)c2c1.Cc1cc(C)c2cc(C)ccc2c1.Cc1cc(C)c2ccccc2c1C.Cc1cc(C)cc(C)c1.Cc1cc2cc(C)c(C)cc2cc1C.Cc1cc2cc(C)c(C)cc2cc1C.Cc1ccc(C)c(C)c1.Cc1ccc(C)c(C)c1.Cc1ccc2c(C)cc(C)cc2c1.Cc1ccc2cc(C)c(C)cc2c1.Cc1ccc2cc(C)c(C)cc2c1. The number of hydrogen-bond donors (Lipinski definition) is 0. The third kappa shape index (κ3) is 30.9. The van der Waals surface area contributed by atoms with E-state index in [9.17, 15) is 0 Å². The molecule has 19 aromatic carbocycles. The van der Waals surface area contributed by atoms with E-state index in [1.54, 1.807) is 0 Å². The van der Waals surface area contributed by atoms with Gasteiger partial charge >= 0.3 is 0 Å². The first-order chi connectivity index (χ1) is 63.2. The van der Waals surface area contributed by atoms with Crippen LogP contribution in [0.2, 0.25) is 0 Å². The van der Waals surface area contributed by atoms with Gasteiger partial charge in [0, 0.05) is 0 Å². The van der Waals surface area contributed by atoms with Crippen molar-refractivity contribution < 1.29 is 0 Å². The van der Waals surface area contributed by atoms with Crippen LogP contribution in [0.25, 0.3) is 86.2 Å². The van der Waals surface area contributed by atoms with E-state index in [-0.39, 0.29) is 7.43 Å². The van der Waals surface area contributed by atoms with Crippen LogP contribution in [0.15, 0.2) is 279 Å². The molecule has 0 nitrogen and oxygen atoms in total. The van der Waals surface area contributed by atoms with Gasteiger partial charge in [0.05, 0.1) is 0 Å². The fourth-order valence-electron chi connectivity index (χ4n) is 17.7. The van der Waals surface area contributed by atoms with E-state index >= 15 is 0 Å². The lowest BCUT2D eigenvalue weighted by Crippen LogP contribution is -1.86. The summed E-state index contributed by atoms with van der Waals surface area (Å²) < 4.78 is 0. The average Bonchev–Trinajstić information content (AvgIpc) is 0.777. The Hall–Kier alpha value is -12.7. The highest BCUT2D eigenvalue weighted by Gasteiger charge is 2.09. The summed E-state index contributed by atoms with van der Waals surface area (Å²) in [5, 5.41) is 21.8. The Morgan fingerprint density at radius 2 is 0.304 bits per heavy atom. The van der Waals surface area contributed by atoms with E-state index in [4.69, 9.17) is 0 Å². The molecule has 19 aromatic rings.